The van der Waals surface area contributed by atoms with Crippen LogP contribution in [0, 0.1) is 11.8 Å². The third kappa shape index (κ3) is 2.89. The minimum atomic E-state index is -0.0190. The van der Waals surface area contributed by atoms with Gasteiger partial charge in [-0.3, -0.25) is 4.79 Å². The molecule has 1 aromatic heterocycles. The van der Waals surface area contributed by atoms with Crippen LogP contribution >= 0.6 is 23.5 Å². The molecule has 2 aromatic rings. The van der Waals surface area contributed by atoms with Crippen molar-refractivity contribution in [3.8, 4) is 0 Å². The van der Waals surface area contributed by atoms with Crippen LogP contribution in [-0.2, 0) is 8.87 Å². The monoisotopic (exact) mass is 374 g/mol. The Morgan fingerprint density at radius 3 is 2.76 bits per heavy atom. The van der Waals surface area contributed by atoms with Crippen LogP contribution in [0.3, 0.4) is 0 Å². The second kappa shape index (κ2) is 6.92. The maximum absolute atomic E-state index is 12.9. The number of amides is 1. The Balaban J connectivity index is 1.80. The lowest BCUT2D eigenvalue weighted by Crippen LogP contribution is -2.49. The quantitative estimate of drug-likeness (QED) is 0.846. The molecule has 1 N–H and O–H groups in total. The molecule has 0 bridgehead atoms. The van der Waals surface area contributed by atoms with Crippen LogP contribution < -0.4 is 0 Å². The van der Waals surface area contributed by atoms with Gasteiger partial charge in [0, 0.05) is 36.6 Å². The number of benzene rings is 1. The zero-order valence-corrected chi connectivity index (χ0v) is 16.6. The maximum Gasteiger partial charge on any atom is 0.225 e. The van der Waals surface area contributed by atoms with Gasteiger partial charge in [-0.05, 0) is 48.3 Å². The molecular formula is C20H26N2OS2. The summed E-state index contributed by atoms with van der Waals surface area (Å²) in [7, 11) is 1.96. The van der Waals surface area contributed by atoms with E-state index >= 15 is 0 Å². The van der Waals surface area contributed by atoms with Gasteiger partial charge in [0.15, 0.2) is 0 Å². The molecule has 2 aliphatic rings. The molecule has 1 amide bonds. The number of thioether (sulfide) groups is 2. The number of rotatable bonds is 3. The van der Waals surface area contributed by atoms with E-state index in [1.165, 1.54) is 34.5 Å². The van der Waals surface area contributed by atoms with Gasteiger partial charge in [0.25, 0.3) is 0 Å². The van der Waals surface area contributed by atoms with Gasteiger partial charge in [-0.2, -0.15) is 0 Å². The fourth-order valence-corrected chi connectivity index (χ4v) is 8.12. The average Bonchev–Trinajstić information content (AvgIpc) is 3.09. The lowest BCUT2D eigenvalue weighted by atomic mass is 9.79. The Bertz CT molecular complexity index is 733. The number of carbonyl (C=O) groups is 1. The smallest absolute Gasteiger partial charge is 0.225 e. The molecule has 134 valence electrons. The van der Waals surface area contributed by atoms with Crippen molar-refractivity contribution in [2.75, 3.05) is 25.1 Å². The lowest BCUT2D eigenvalue weighted by Gasteiger charge is -2.48. The van der Waals surface area contributed by atoms with E-state index in [9.17, 15) is 4.79 Å². The van der Waals surface area contributed by atoms with Crippen molar-refractivity contribution in [3.05, 3.63) is 36.0 Å². The van der Waals surface area contributed by atoms with Crippen molar-refractivity contribution in [1.29, 1.82) is 0 Å². The van der Waals surface area contributed by atoms with Crippen molar-refractivity contribution >= 4 is 40.3 Å². The highest BCUT2D eigenvalue weighted by Gasteiger charge is 2.50. The number of likely N-dealkylation sites (tertiary alicyclic amines) is 1. The normalized spacial score (nSPS) is 27.0. The molecule has 0 radical (unpaired) electrons. The van der Waals surface area contributed by atoms with E-state index in [2.05, 4.69) is 65.8 Å². The van der Waals surface area contributed by atoms with Crippen molar-refractivity contribution in [2.24, 2.45) is 11.8 Å². The first-order valence-electron chi connectivity index (χ1n) is 9.27. The number of para-hydroxylation sites is 1. The van der Waals surface area contributed by atoms with E-state index in [0.29, 0.717) is 11.8 Å². The fourth-order valence-electron chi connectivity index (χ4n) is 4.39. The van der Waals surface area contributed by atoms with E-state index in [-0.39, 0.29) is 10.00 Å². The van der Waals surface area contributed by atoms with Gasteiger partial charge >= 0.3 is 0 Å². The summed E-state index contributed by atoms with van der Waals surface area (Å²) in [5.41, 5.74) is 2.51. The molecule has 4 rings (SSSR count). The Labute approximate surface area is 158 Å². The molecule has 25 heavy (non-hydrogen) atoms. The summed E-state index contributed by atoms with van der Waals surface area (Å²) < 4.78 is -0.0190. The van der Waals surface area contributed by atoms with Gasteiger partial charge in [0.05, 0.1) is 0 Å². The van der Waals surface area contributed by atoms with Gasteiger partial charge in [0.1, 0.15) is 4.08 Å². The first-order valence-corrected chi connectivity index (χ1v) is 11.2. The summed E-state index contributed by atoms with van der Waals surface area (Å²) in [4.78, 5) is 18.5. The molecule has 5 heteroatoms. The first kappa shape index (κ1) is 17.3. The van der Waals surface area contributed by atoms with Crippen LogP contribution in [0.5, 0.6) is 0 Å². The standard InChI is InChI=1S/C20H26N2OS2/c1-3-15-16(9-10-22(2)19(15)23)20(24-11-6-12-25-20)18-13-14-7-4-5-8-17(14)21-18/h4-5,7-8,13,15-16,21H,3,6,9-12H2,1-2H3/t15-,16-/m1/s1. The number of piperidine rings is 1. The molecule has 3 nitrogen and oxygen atoms in total. The average molecular weight is 375 g/mol. The van der Waals surface area contributed by atoms with Gasteiger partial charge in [-0.1, -0.05) is 25.1 Å². The van der Waals surface area contributed by atoms with E-state index in [1.807, 2.05) is 11.9 Å². The minimum absolute atomic E-state index is 0.0190. The number of aromatic amines is 1. The Hall–Kier alpha value is -1.07. The number of hydrogen-bond acceptors (Lipinski definition) is 3. The SMILES string of the molecule is CC[C@H]1C(=O)N(C)CC[C@H]1C1(c2cc3ccccc3[nH]2)SCCCS1. The summed E-state index contributed by atoms with van der Waals surface area (Å²) in [6.45, 7) is 3.05. The predicted octanol–water partition coefficient (Wildman–Crippen LogP) is 4.70. The van der Waals surface area contributed by atoms with Crippen molar-refractivity contribution in [2.45, 2.75) is 30.3 Å². The summed E-state index contributed by atoms with van der Waals surface area (Å²) >= 11 is 4.14. The second-order valence-electron chi connectivity index (χ2n) is 7.16. The number of nitrogens with zero attached hydrogens (tertiary/aromatic N) is 1. The molecule has 2 fully saturated rings. The number of nitrogens with one attached hydrogen (secondary N) is 1. The van der Waals surface area contributed by atoms with Crippen LogP contribution in [-0.4, -0.2) is 40.9 Å². The molecule has 0 saturated carbocycles. The molecule has 3 heterocycles. The van der Waals surface area contributed by atoms with E-state index in [0.717, 1.165) is 19.4 Å². The first-order chi connectivity index (χ1) is 12.2. The zero-order chi connectivity index (χ0) is 17.4. The third-order valence-electron chi connectivity index (χ3n) is 5.71. The molecule has 2 saturated heterocycles. The highest BCUT2D eigenvalue weighted by molar-refractivity contribution is 8.18. The van der Waals surface area contributed by atoms with Gasteiger partial charge in [-0.25, -0.2) is 0 Å². The summed E-state index contributed by atoms with van der Waals surface area (Å²) in [5, 5.41) is 1.27. The Kier molecular flexibility index (Phi) is 4.80. The van der Waals surface area contributed by atoms with Crippen LogP contribution in [0.15, 0.2) is 30.3 Å². The number of fused-ring (bicyclic) bond motifs is 1. The lowest BCUT2D eigenvalue weighted by molar-refractivity contribution is -0.140. The zero-order valence-electron chi connectivity index (χ0n) is 15.0. The largest absolute Gasteiger partial charge is 0.357 e. The second-order valence-corrected chi connectivity index (χ2v) is 10.1. The summed E-state index contributed by atoms with van der Waals surface area (Å²) in [6.07, 6.45) is 3.28. The predicted molar refractivity (Wildman–Crippen MR) is 109 cm³/mol. The van der Waals surface area contributed by atoms with E-state index in [1.54, 1.807) is 0 Å². The summed E-state index contributed by atoms with van der Waals surface area (Å²) in [6, 6.07) is 10.8. The Morgan fingerprint density at radius 1 is 1.28 bits per heavy atom. The number of aromatic nitrogens is 1. The molecule has 0 unspecified atom stereocenters. The van der Waals surface area contributed by atoms with Crippen LogP contribution in [0.25, 0.3) is 10.9 Å². The number of hydrogen-bond donors (Lipinski definition) is 1. The van der Waals surface area contributed by atoms with Gasteiger partial charge in [-0.15, -0.1) is 23.5 Å². The van der Waals surface area contributed by atoms with Gasteiger partial charge < -0.3 is 9.88 Å². The topological polar surface area (TPSA) is 36.1 Å². The van der Waals surface area contributed by atoms with E-state index < -0.39 is 0 Å². The number of carbonyl (C=O) groups excluding carboxylic acids is 1. The van der Waals surface area contributed by atoms with Crippen LogP contribution in [0.4, 0.5) is 0 Å². The Morgan fingerprint density at radius 2 is 2.04 bits per heavy atom. The molecular weight excluding hydrogens is 348 g/mol. The van der Waals surface area contributed by atoms with E-state index in [4.69, 9.17) is 0 Å². The molecule has 2 atom stereocenters. The van der Waals surface area contributed by atoms with Crippen LogP contribution in [0.2, 0.25) is 0 Å². The van der Waals surface area contributed by atoms with Gasteiger partial charge in [0.2, 0.25) is 5.91 Å². The maximum atomic E-state index is 12.9. The van der Waals surface area contributed by atoms with Crippen LogP contribution in [0.1, 0.15) is 31.9 Å². The van der Waals surface area contributed by atoms with Crippen molar-refractivity contribution in [1.82, 2.24) is 9.88 Å². The summed E-state index contributed by atoms with van der Waals surface area (Å²) in [5.74, 6) is 3.22. The van der Waals surface area contributed by atoms with Crippen molar-refractivity contribution in [3.63, 3.8) is 0 Å². The molecule has 1 aromatic carbocycles. The minimum Gasteiger partial charge on any atom is -0.357 e. The molecule has 2 aliphatic heterocycles. The highest BCUT2D eigenvalue weighted by atomic mass is 32.2. The van der Waals surface area contributed by atoms with Crippen molar-refractivity contribution < 1.29 is 4.79 Å². The highest BCUT2D eigenvalue weighted by Crippen LogP contribution is 2.59. The molecule has 0 spiro atoms. The third-order valence-corrected chi connectivity index (χ3v) is 9.31. The fraction of sp³-hybridized carbons (Fsp3) is 0.550. The molecule has 0 aliphatic carbocycles. The number of H-pyrrole nitrogens is 1.